The van der Waals surface area contributed by atoms with Gasteiger partial charge in [0.15, 0.2) is 0 Å². The van der Waals surface area contributed by atoms with Crippen LogP contribution >= 0.6 is 0 Å². The zero-order valence-electron chi connectivity index (χ0n) is 17.3. The molecule has 1 rings (SSSR count). The Balaban J connectivity index is 2.04. The van der Waals surface area contributed by atoms with E-state index < -0.39 is 10.1 Å². The minimum absolute atomic E-state index is 0.254. The Hall–Kier alpha value is -1.40. The van der Waals surface area contributed by atoms with Gasteiger partial charge in [-0.1, -0.05) is 64.7 Å². The Labute approximate surface area is 171 Å². The quantitative estimate of drug-likeness (QED) is 0.203. The summed E-state index contributed by atoms with van der Waals surface area (Å²) in [4.78, 5) is 4.16. The molecule has 0 atom stereocenters. The van der Waals surface area contributed by atoms with Crippen molar-refractivity contribution >= 4 is 16.3 Å². The van der Waals surface area contributed by atoms with Crippen molar-refractivity contribution in [2.45, 2.75) is 77.6 Å². The molecule has 160 valence electrons. The highest BCUT2D eigenvalue weighted by atomic mass is 32.2. The molecular weight excluding hydrogens is 374 g/mol. The summed E-state index contributed by atoms with van der Waals surface area (Å²) < 4.78 is 35.6. The van der Waals surface area contributed by atoms with Gasteiger partial charge in [-0.25, -0.2) is 0 Å². The molecule has 1 aromatic carbocycles. The molecule has 5 nitrogen and oxygen atoms in total. The molecule has 28 heavy (non-hydrogen) atoms. The van der Waals surface area contributed by atoms with Crippen molar-refractivity contribution in [1.82, 2.24) is 0 Å². The standard InChI is InChI=1S/C22H37NO4S/c1-2-3-4-5-6-7-8-9-10-11-18-27-22-15-13-21(14-16-22)20-23-17-12-19-28(24,25)26/h13-16,20H,2-12,17-19H2,1H3,(H,24,25,26). The van der Waals surface area contributed by atoms with Crippen LogP contribution in [-0.4, -0.2) is 38.1 Å². The van der Waals surface area contributed by atoms with Gasteiger partial charge in [0, 0.05) is 12.8 Å². The number of benzene rings is 1. The molecular formula is C22H37NO4S. The lowest BCUT2D eigenvalue weighted by atomic mass is 10.1. The summed E-state index contributed by atoms with van der Waals surface area (Å²) in [6.07, 6.45) is 15.2. The Morgan fingerprint density at radius 2 is 1.46 bits per heavy atom. The maximum Gasteiger partial charge on any atom is 0.264 e. The SMILES string of the molecule is CCCCCCCCCCCCOc1ccc(C=NCCCS(=O)(=O)O)cc1. The topological polar surface area (TPSA) is 76.0 Å². The first kappa shape index (κ1) is 24.6. The van der Waals surface area contributed by atoms with Crippen molar-refractivity contribution < 1.29 is 17.7 Å². The van der Waals surface area contributed by atoms with E-state index in [2.05, 4.69) is 11.9 Å². The molecule has 6 heteroatoms. The largest absolute Gasteiger partial charge is 0.494 e. The molecule has 0 aliphatic rings. The van der Waals surface area contributed by atoms with E-state index in [9.17, 15) is 8.42 Å². The van der Waals surface area contributed by atoms with Crippen LogP contribution in [0.2, 0.25) is 0 Å². The van der Waals surface area contributed by atoms with Crippen molar-refractivity contribution in [3.8, 4) is 5.75 Å². The van der Waals surface area contributed by atoms with Gasteiger partial charge in [-0.2, -0.15) is 8.42 Å². The molecule has 0 aliphatic heterocycles. The van der Waals surface area contributed by atoms with E-state index in [4.69, 9.17) is 9.29 Å². The summed E-state index contributed by atoms with van der Waals surface area (Å²) in [5.74, 6) is 0.607. The zero-order valence-corrected chi connectivity index (χ0v) is 18.1. The van der Waals surface area contributed by atoms with E-state index >= 15 is 0 Å². The second-order valence-corrected chi connectivity index (χ2v) is 8.85. The number of nitrogens with zero attached hydrogens (tertiary/aromatic N) is 1. The lowest BCUT2D eigenvalue weighted by Crippen LogP contribution is -2.04. The van der Waals surface area contributed by atoms with Gasteiger partial charge < -0.3 is 4.74 Å². The molecule has 0 saturated carbocycles. The molecule has 1 aromatic rings. The van der Waals surface area contributed by atoms with Crippen LogP contribution in [-0.2, 0) is 10.1 Å². The predicted molar refractivity (Wildman–Crippen MR) is 117 cm³/mol. The van der Waals surface area contributed by atoms with Crippen molar-refractivity contribution in [2.24, 2.45) is 4.99 Å². The van der Waals surface area contributed by atoms with Crippen LogP contribution in [0.1, 0.15) is 83.1 Å². The molecule has 0 bridgehead atoms. The third-order valence-corrected chi connectivity index (χ3v) is 5.38. The molecule has 0 aromatic heterocycles. The number of ether oxygens (including phenoxy) is 1. The normalized spacial score (nSPS) is 11.9. The lowest BCUT2D eigenvalue weighted by molar-refractivity contribution is 0.304. The summed E-state index contributed by atoms with van der Waals surface area (Å²) in [6.45, 7) is 3.38. The van der Waals surface area contributed by atoms with Crippen molar-refractivity contribution in [3.05, 3.63) is 29.8 Å². The second-order valence-electron chi connectivity index (χ2n) is 7.27. The highest BCUT2D eigenvalue weighted by molar-refractivity contribution is 7.85. The Morgan fingerprint density at radius 1 is 0.893 bits per heavy atom. The molecule has 0 saturated heterocycles. The van der Waals surface area contributed by atoms with Crippen molar-refractivity contribution in [1.29, 1.82) is 0 Å². The van der Waals surface area contributed by atoms with E-state index in [-0.39, 0.29) is 5.75 Å². The average molecular weight is 412 g/mol. The smallest absolute Gasteiger partial charge is 0.264 e. The maximum atomic E-state index is 10.6. The number of rotatable bonds is 17. The fourth-order valence-corrected chi connectivity index (χ4v) is 3.43. The summed E-state index contributed by atoms with van der Waals surface area (Å²) in [5.41, 5.74) is 0.943. The number of unbranched alkanes of at least 4 members (excludes halogenated alkanes) is 9. The average Bonchev–Trinajstić information content (AvgIpc) is 2.66. The number of hydrogen-bond donors (Lipinski definition) is 1. The van der Waals surface area contributed by atoms with Gasteiger partial charge in [-0.15, -0.1) is 0 Å². The monoisotopic (exact) mass is 411 g/mol. The molecule has 0 heterocycles. The van der Waals surface area contributed by atoms with Crippen LogP contribution in [0.3, 0.4) is 0 Å². The van der Waals surface area contributed by atoms with Gasteiger partial charge in [0.25, 0.3) is 10.1 Å². The summed E-state index contributed by atoms with van der Waals surface area (Å²) in [6, 6.07) is 7.71. The van der Waals surface area contributed by atoms with E-state index in [1.54, 1.807) is 6.21 Å². The van der Waals surface area contributed by atoms with Crippen LogP contribution in [0, 0.1) is 0 Å². The summed E-state index contributed by atoms with van der Waals surface area (Å²) >= 11 is 0. The highest BCUT2D eigenvalue weighted by Crippen LogP contribution is 2.13. The third-order valence-electron chi connectivity index (χ3n) is 4.58. The number of hydrogen-bond acceptors (Lipinski definition) is 4. The lowest BCUT2D eigenvalue weighted by Gasteiger charge is -2.06. The Morgan fingerprint density at radius 3 is 2.04 bits per heavy atom. The van der Waals surface area contributed by atoms with Gasteiger partial charge >= 0.3 is 0 Å². The van der Waals surface area contributed by atoms with Crippen LogP contribution in [0.25, 0.3) is 0 Å². The first-order valence-corrected chi connectivity index (χ1v) is 12.3. The minimum Gasteiger partial charge on any atom is -0.494 e. The van der Waals surface area contributed by atoms with E-state index in [0.717, 1.165) is 24.3 Å². The maximum absolute atomic E-state index is 10.6. The van der Waals surface area contributed by atoms with Gasteiger partial charge in [0.2, 0.25) is 0 Å². The molecule has 0 unspecified atom stereocenters. The first-order chi connectivity index (χ1) is 13.5. The second kappa shape index (κ2) is 15.5. The van der Waals surface area contributed by atoms with Gasteiger partial charge in [-0.3, -0.25) is 9.55 Å². The fourth-order valence-electron chi connectivity index (χ4n) is 2.94. The molecule has 0 amide bonds. The first-order valence-electron chi connectivity index (χ1n) is 10.7. The van der Waals surface area contributed by atoms with Gasteiger partial charge in [0.1, 0.15) is 5.75 Å². The molecule has 0 fully saturated rings. The summed E-state index contributed by atoms with van der Waals surface area (Å²) in [7, 11) is -3.89. The van der Waals surface area contributed by atoms with Crippen LogP contribution in [0.4, 0.5) is 0 Å². The van der Waals surface area contributed by atoms with Crippen LogP contribution in [0.5, 0.6) is 5.75 Å². The van der Waals surface area contributed by atoms with Gasteiger partial charge in [-0.05, 0) is 42.7 Å². The van der Waals surface area contributed by atoms with E-state index in [0.29, 0.717) is 13.0 Å². The third kappa shape index (κ3) is 14.6. The Bertz CT molecular complexity index is 626. The van der Waals surface area contributed by atoms with E-state index in [1.807, 2.05) is 24.3 Å². The number of aliphatic imine (C=N–C) groups is 1. The summed E-state index contributed by atoms with van der Waals surface area (Å²) in [5, 5.41) is 0. The fraction of sp³-hybridized carbons (Fsp3) is 0.682. The molecule has 0 aliphatic carbocycles. The zero-order chi connectivity index (χ0) is 20.5. The van der Waals surface area contributed by atoms with Crippen LogP contribution < -0.4 is 4.74 Å². The molecule has 0 spiro atoms. The van der Waals surface area contributed by atoms with E-state index in [1.165, 1.54) is 57.8 Å². The van der Waals surface area contributed by atoms with Crippen LogP contribution in [0.15, 0.2) is 29.3 Å². The highest BCUT2D eigenvalue weighted by Gasteiger charge is 2.02. The molecule has 1 N–H and O–H groups in total. The minimum atomic E-state index is -3.89. The predicted octanol–water partition coefficient (Wildman–Crippen LogP) is 5.68. The van der Waals surface area contributed by atoms with Crippen molar-refractivity contribution in [3.63, 3.8) is 0 Å². The molecule has 0 radical (unpaired) electrons. The van der Waals surface area contributed by atoms with Gasteiger partial charge in [0.05, 0.1) is 12.4 Å². The Kier molecular flexibility index (Phi) is 13.7. The van der Waals surface area contributed by atoms with Crippen molar-refractivity contribution in [2.75, 3.05) is 18.9 Å².